The van der Waals surface area contributed by atoms with Crippen LogP contribution in [0.25, 0.3) is 0 Å². The van der Waals surface area contributed by atoms with Crippen LogP contribution < -0.4 is 4.72 Å². The highest BCUT2D eigenvalue weighted by atomic mass is 32.2. The van der Waals surface area contributed by atoms with Crippen LogP contribution in [0.2, 0.25) is 0 Å². The molecule has 138 valence electrons. The molecule has 0 fully saturated rings. The van der Waals surface area contributed by atoms with Crippen molar-refractivity contribution < 1.29 is 13.2 Å². The van der Waals surface area contributed by atoms with Gasteiger partial charge in [-0.25, -0.2) is 8.42 Å². The van der Waals surface area contributed by atoms with Gasteiger partial charge < -0.3 is 4.90 Å². The number of hydrogen-bond acceptors (Lipinski definition) is 3. The third-order valence-electron chi connectivity index (χ3n) is 4.77. The quantitative estimate of drug-likeness (QED) is 0.893. The molecule has 0 spiro atoms. The van der Waals surface area contributed by atoms with E-state index in [1.807, 2.05) is 24.3 Å². The van der Waals surface area contributed by atoms with E-state index in [4.69, 9.17) is 0 Å². The molecule has 0 saturated heterocycles. The first-order valence-corrected chi connectivity index (χ1v) is 10.2. The van der Waals surface area contributed by atoms with Crippen molar-refractivity contribution in [2.24, 2.45) is 0 Å². The molecule has 1 N–H and O–H groups in total. The summed E-state index contributed by atoms with van der Waals surface area (Å²) in [5.41, 5.74) is 3.76. The standard InChI is InChI=1S/C20H24N2O3S/c1-14(2)16-5-8-20(9-6-16)26(24,25)21-19-7-4-17-10-11-22(15(3)23)13-18(17)12-19/h4-9,12,14,21H,10-11,13H2,1-3H3. The predicted octanol–water partition coefficient (Wildman–Crippen LogP) is 3.52. The normalized spacial score (nSPS) is 14.2. The van der Waals surface area contributed by atoms with Crippen molar-refractivity contribution >= 4 is 21.6 Å². The molecule has 1 aliphatic rings. The highest BCUT2D eigenvalue weighted by molar-refractivity contribution is 7.92. The Hall–Kier alpha value is -2.34. The largest absolute Gasteiger partial charge is 0.338 e. The van der Waals surface area contributed by atoms with Gasteiger partial charge in [0, 0.05) is 25.7 Å². The van der Waals surface area contributed by atoms with Crippen molar-refractivity contribution in [3.8, 4) is 0 Å². The molecule has 3 rings (SSSR count). The molecule has 26 heavy (non-hydrogen) atoms. The van der Waals surface area contributed by atoms with Gasteiger partial charge in [-0.15, -0.1) is 0 Å². The molecule has 0 unspecified atom stereocenters. The molecule has 0 aliphatic carbocycles. The predicted molar refractivity (Wildman–Crippen MR) is 103 cm³/mol. The number of carbonyl (C=O) groups excluding carboxylic acids is 1. The summed E-state index contributed by atoms with van der Waals surface area (Å²) >= 11 is 0. The first-order valence-electron chi connectivity index (χ1n) is 8.76. The highest BCUT2D eigenvalue weighted by Gasteiger charge is 2.20. The average molecular weight is 372 g/mol. The van der Waals surface area contributed by atoms with E-state index in [0.29, 0.717) is 24.7 Å². The number of nitrogens with one attached hydrogen (secondary N) is 1. The van der Waals surface area contributed by atoms with Crippen LogP contribution in [0.15, 0.2) is 47.4 Å². The van der Waals surface area contributed by atoms with Crippen molar-refractivity contribution in [1.29, 1.82) is 0 Å². The van der Waals surface area contributed by atoms with Gasteiger partial charge in [-0.05, 0) is 53.3 Å². The third-order valence-corrected chi connectivity index (χ3v) is 6.17. The first kappa shape index (κ1) is 18.5. The van der Waals surface area contributed by atoms with Gasteiger partial charge in [0.2, 0.25) is 5.91 Å². The zero-order valence-electron chi connectivity index (χ0n) is 15.3. The molecule has 2 aromatic rings. The van der Waals surface area contributed by atoms with E-state index in [9.17, 15) is 13.2 Å². The van der Waals surface area contributed by atoms with Crippen LogP contribution >= 0.6 is 0 Å². The molecule has 0 atom stereocenters. The second kappa shape index (κ2) is 7.11. The third kappa shape index (κ3) is 3.90. The molecule has 0 radical (unpaired) electrons. The van der Waals surface area contributed by atoms with Gasteiger partial charge in [-0.2, -0.15) is 0 Å². The summed E-state index contributed by atoms with van der Waals surface area (Å²) in [5.74, 6) is 0.386. The van der Waals surface area contributed by atoms with Gasteiger partial charge in [0.1, 0.15) is 0 Å². The molecular formula is C20H24N2O3S. The fourth-order valence-electron chi connectivity index (χ4n) is 3.14. The Morgan fingerprint density at radius 2 is 1.77 bits per heavy atom. The minimum atomic E-state index is -3.64. The lowest BCUT2D eigenvalue weighted by Crippen LogP contribution is -2.34. The second-order valence-corrected chi connectivity index (χ2v) is 8.69. The maximum atomic E-state index is 12.6. The minimum Gasteiger partial charge on any atom is -0.338 e. The van der Waals surface area contributed by atoms with Crippen LogP contribution in [0, 0.1) is 0 Å². The number of sulfonamides is 1. The molecule has 5 nitrogen and oxygen atoms in total. The fraction of sp³-hybridized carbons (Fsp3) is 0.350. The Kier molecular flexibility index (Phi) is 5.05. The van der Waals surface area contributed by atoms with Crippen molar-refractivity contribution in [2.75, 3.05) is 11.3 Å². The number of carbonyl (C=O) groups is 1. The van der Waals surface area contributed by atoms with Crippen molar-refractivity contribution in [3.63, 3.8) is 0 Å². The van der Waals surface area contributed by atoms with Crippen molar-refractivity contribution in [1.82, 2.24) is 4.90 Å². The lowest BCUT2D eigenvalue weighted by Gasteiger charge is -2.28. The zero-order chi connectivity index (χ0) is 18.9. The van der Waals surface area contributed by atoms with E-state index in [1.54, 1.807) is 30.0 Å². The molecule has 0 bridgehead atoms. The Morgan fingerprint density at radius 1 is 1.08 bits per heavy atom. The number of nitrogens with zero attached hydrogens (tertiary/aromatic N) is 1. The van der Waals surface area contributed by atoms with Crippen molar-refractivity contribution in [2.45, 2.75) is 44.6 Å². The number of fused-ring (bicyclic) bond motifs is 1. The molecule has 0 saturated carbocycles. The summed E-state index contributed by atoms with van der Waals surface area (Å²) in [6.07, 6.45) is 0.790. The molecule has 0 aromatic heterocycles. The van der Waals surface area contributed by atoms with Gasteiger partial charge in [-0.1, -0.05) is 32.0 Å². The van der Waals surface area contributed by atoms with Crippen molar-refractivity contribution in [3.05, 3.63) is 59.2 Å². The summed E-state index contributed by atoms with van der Waals surface area (Å²) in [5, 5.41) is 0. The number of rotatable bonds is 4. The minimum absolute atomic E-state index is 0.0341. The van der Waals surface area contributed by atoms with Crippen LogP contribution in [-0.4, -0.2) is 25.8 Å². The fourth-order valence-corrected chi connectivity index (χ4v) is 4.18. The number of benzene rings is 2. The van der Waals surface area contributed by atoms with Gasteiger partial charge >= 0.3 is 0 Å². The lowest BCUT2D eigenvalue weighted by atomic mass is 9.99. The molecule has 1 amide bonds. The van der Waals surface area contributed by atoms with Gasteiger partial charge in [-0.3, -0.25) is 9.52 Å². The smallest absolute Gasteiger partial charge is 0.261 e. The maximum absolute atomic E-state index is 12.6. The van der Waals surface area contributed by atoms with Crippen LogP contribution in [-0.2, 0) is 27.8 Å². The Labute approximate surface area is 155 Å². The topological polar surface area (TPSA) is 66.5 Å². The van der Waals surface area contributed by atoms with Crippen LogP contribution in [0.3, 0.4) is 0 Å². The molecule has 2 aromatic carbocycles. The van der Waals surface area contributed by atoms with Crippen LogP contribution in [0.5, 0.6) is 0 Å². The first-order chi connectivity index (χ1) is 12.3. The second-order valence-electron chi connectivity index (χ2n) is 7.00. The number of hydrogen-bond donors (Lipinski definition) is 1. The SMILES string of the molecule is CC(=O)N1CCc2ccc(NS(=O)(=O)c3ccc(C(C)C)cc3)cc2C1. The molecule has 1 aliphatic heterocycles. The summed E-state index contributed by atoms with van der Waals surface area (Å²) < 4.78 is 27.9. The van der Waals surface area contributed by atoms with Crippen LogP contribution in [0.1, 0.15) is 43.4 Å². The van der Waals surface area contributed by atoms with Crippen LogP contribution in [0.4, 0.5) is 5.69 Å². The summed E-state index contributed by atoms with van der Waals surface area (Å²) in [6, 6.07) is 12.5. The summed E-state index contributed by atoms with van der Waals surface area (Å²) in [4.78, 5) is 13.6. The Morgan fingerprint density at radius 3 is 2.38 bits per heavy atom. The number of anilines is 1. The van der Waals surface area contributed by atoms with Gasteiger partial charge in [0.25, 0.3) is 10.0 Å². The lowest BCUT2D eigenvalue weighted by molar-refractivity contribution is -0.129. The van der Waals surface area contributed by atoms with Gasteiger partial charge in [0.15, 0.2) is 0 Å². The van der Waals surface area contributed by atoms with Gasteiger partial charge in [0.05, 0.1) is 4.90 Å². The summed E-state index contributed by atoms with van der Waals surface area (Å²) in [7, 11) is -3.64. The van der Waals surface area contributed by atoms with E-state index in [2.05, 4.69) is 18.6 Å². The van der Waals surface area contributed by atoms with E-state index in [0.717, 1.165) is 23.1 Å². The molecule has 1 heterocycles. The summed E-state index contributed by atoms with van der Waals surface area (Å²) in [6.45, 7) is 6.91. The zero-order valence-corrected chi connectivity index (χ0v) is 16.1. The monoisotopic (exact) mass is 372 g/mol. The number of amides is 1. The Balaban J connectivity index is 1.82. The maximum Gasteiger partial charge on any atom is 0.261 e. The molecule has 6 heteroatoms. The van der Waals surface area contributed by atoms with E-state index < -0.39 is 10.0 Å². The van der Waals surface area contributed by atoms with E-state index in [-0.39, 0.29) is 10.8 Å². The van der Waals surface area contributed by atoms with E-state index >= 15 is 0 Å². The highest BCUT2D eigenvalue weighted by Crippen LogP contribution is 2.25. The van der Waals surface area contributed by atoms with E-state index in [1.165, 1.54) is 0 Å². The Bertz CT molecular complexity index is 919. The average Bonchev–Trinajstić information content (AvgIpc) is 2.60. The molecular weight excluding hydrogens is 348 g/mol.